The molecule has 16 heavy (non-hydrogen) atoms. The van der Waals surface area contributed by atoms with Gasteiger partial charge in [0.2, 0.25) is 0 Å². The molecule has 0 saturated carbocycles. The lowest BCUT2D eigenvalue weighted by atomic mass is 9.96. The molecule has 90 valence electrons. The molecule has 1 heterocycles. The van der Waals surface area contributed by atoms with E-state index in [1.54, 1.807) is 7.11 Å². The third-order valence-electron chi connectivity index (χ3n) is 2.19. The quantitative estimate of drug-likeness (QED) is 0.769. The van der Waals surface area contributed by atoms with Gasteiger partial charge in [-0.3, -0.25) is 0 Å². The van der Waals surface area contributed by atoms with Crippen LogP contribution in [0, 0.1) is 0 Å². The fourth-order valence-corrected chi connectivity index (χ4v) is 1.24. The normalized spacial score (nSPS) is 11.8. The fraction of sp³-hybridized carbons (Fsp3) is 0.667. The molecule has 0 fully saturated rings. The van der Waals surface area contributed by atoms with Gasteiger partial charge in [0.25, 0.3) is 0 Å². The van der Waals surface area contributed by atoms with E-state index in [0.29, 0.717) is 0 Å². The molecule has 1 rings (SSSR count). The highest BCUT2D eigenvalue weighted by molar-refractivity contribution is 5.09. The van der Waals surface area contributed by atoms with Crippen molar-refractivity contribution in [3.05, 3.63) is 23.8 Å². The first-order valence-electron chi connectivity index (χ1n) is 5.55. The molecule has 0 atom stereocenters. The highest BCUT2D eigenvalue weighted by atomic mass is 16.5. The van der Waals surface area contributed by atoms with Gasteiger partial charge in [0.1, 0.15) is 5.82 Å². The molecule has 0 aliphatic heterocycles. The molecule has 0 radical (unpaired) electrons. The maximum absolute atomic E-state index is 4.95. The van der Waals surface area contributed by atoms with E-state index in [9.17, 15) is 0 Å². The third kappa shape index (κ3) is 4.24. The van der Waals surface area contributed by atoms with E-state index in [1.165, 1.54) is 0 Å². The summed E-state index contributed by atoms with van der Waals surface area (Å²) in [5.74, 6) is 0.883. The van der Waals surface area contributed by atoms with E-state index >= 15 is 0 Å². The number of methoxy groups -OCH3 is 1. The number of nitrogens with one attached hydrogen (secondary N) is 1. The Hall–Kier alpha value is -1.00. The van der Waals surface area contributed by atoms with E-state index in [2.05, 4.69) is 36.1 Å². The van der Waals surface area contributed by atoms with Gasteiger partial charge in [0.15, 0.2) is 0 Å². The van der Waals surface area contributed by atoms with E-state index in [-0.39, 0.29) is 5.41 Å². The standard InChI is InChI=1S/C12H21N3O/c1-12(2,3)11-14-8-10(9-15-11)7-13-5-6-16-4/h8-9,13H,5-7H2,1-4H3. The Morgan fingerprint density at radius 2 is 1.88 bits per heavy atom. The minimum Gasteiger partial charge on any atom is -0.383 e. The molecule has 0 saturated heterocycles. The Balaban J connectivity index is 2.46. The Kier molecular flexibility index (Phi) is 4.83. The van der Waals surface area contributed by atoms with Crippen LogP contribution in [0.5, 0.6) is 0 Å². The van der Waals surface area contributed by atoms with E-state index in [0.717, 1.165) is 31.1 Å². The van der Waals surface area contributed by atoms with Gasteiger partial charge in [-0.15, -0.1) is 0 Å². The smallest absolute Gasteiger partial charge is 0.133 e. The second-order valence-electron chi connectivity index (χ2n) is 4.83. The SMILES string of the molecule is COCCNCc1cnc(C(C)(C)C)nc1. The number of aromatic nitrogens is 2. The van der Waals surface area contributed by atoms with Gasteiger partial charge >= 0.3 is 0 Å². The minimum atomic E-state index is 0.0159. The molecule has 0 aliphatic carbocycles. The molecule has 0 aliphatic rings. The zero-order chi connectivity index (χ0) is 12.0. The van der Waals surface area contributed by atoms with E-state index < -0.39 is 0 Å². The summed E-state index contributed by atoms with van der Waals surface area (Å²) in [4.78, 5) is 8.73. The zero-order valence-electron chi connectivity index (χ0n) is 10.6. The number of rotatable bonds is 5. The van der Waals surface area contributed by atoms with Crippen molar-refractivity contribution in [3.8, 4) is 0 Å². The van der Waals surface area contributed by atoms with Crippen molar-refractivity contribution in [2.24, 2.45) is 0 Å². The van der Waals surface area contributed by atoms with Crippen LogP contribution >= 0.6 is 0 Å². The summed E-state index contributed by atoms with van der Waals surface area (Å²) in [6.45, 7) is 8.68. The number of nitrogens with zero attached hydrogens (tertiary/aromatic N) is 2. The lowest BCUT2D eigenvalue weighted by molar-refractivity contribution is 0.199. The lowest BCUT2D eigenvalue weighted by Gasteiger charge is -2.16. The molecule has 1 N–H and O–H groups in total. The lowest BCUT2D eigenvalue weighted by Crippen LogP contribution is -2.20. The van der Waals surface area contributed by atoms with Gasteiger partial charge in [-0.1, -0.05) is 20.8 Å². The minimum absolute atomic E-state index is 0.0159. The second-order valence-corrected chi connectivity index (χ2v) is 4.83. The Bertz CT molecular complexity index is 303. The number of ether oxygens (including phenoxy) is 1. The first kappa shape index (κ1) is 13.1. The van der Waals surface area contributed by atoms with Gasteiger partial charge in [-0.25, -0.2) is 9.97 Å². The maximum atomic E-state index is 4.95. The van der Waals surface area contributed by atoms with Crippen LogP contribution in [0.3, 0.4) is 0 Å². The largest absolute Gasteiger partial charge is 0.383 e. The molecule has 0 amide bonds. The summed E-state index contributed by atoms with van der Waals surface area (Å²) in [5.41, 5.74) is 1.12. The van der Waals surface area contributed by atoms with Crippen molar-refractivity contribution in [2.75, 3.05) is 20.3 Å². The Morgan fingerprint density at radius 1 is 1.25 bits per heavy atom. The van der Waals surface area contributed by atoms with Crippen LogP contribution in [0.15, 0.2) is 12.4 Å². The average molecular weight is 223 g/mol. The molecule has 4 heteroatoms. The highest BCUT2D eigenvalue weighted by Gasteiger charge is 2.16. The predicted molar refractivity (Wildman–Crippen MR) is 64.3 cm³/mol. The highest BCUT2D eigenvalue weighted by Crippen LogP contribution is 2.16. The van der Waals surface area contributed by atoms with Gasteiger partial charge < -0.3 is 10.1 Å². The van der Waals surface area contributed by atoms with Gasteiger partial charge in [-0.05, 0) is 0 Å². The van der Waals surface area contributed by atoms with Gasteiger partial charge in [-0.2, -0.15) is 0 Å². The van der Waals surface area contributed by atoms with E-state index in [1.807, 2.05) is 12.4 Å². The number of hydrogen-bond acceptors (Lipinski definition) is 4. The zero-order valence-corrected chi connectivity index (χ0v) is 10.6. The van der Waals surface area contributed by atoms with E-state index in [4.69, 9.17) is 4.74 Å². The molecule has 0 spiro atoms. The summed E-state index contributed by atoms with van der Waals surface area (Å²) in [6, 6.07) is 0. The average Bonchev–Trinajstić information content (AvgIpc) is 2.24. The van der Waals surface area contributed by atoms with Crippen molar-refractivity contribution in [1.29, 1.82) is 0 Å². The Morgan fingerprint density at radius 3 is 2.38 bits per heavy atom. The molecular formula is C12H21N3O. The maximum Gasteiger partial charge on any atom is 0.133 e. The molecular weight excluding hydrogens is 202 g/mol. The number of hydrogen-bond donors (Lipinski definition) is 1. The van der Waals surface area contributed by atoms with Crippen LogP contribution < -0.4 is 5.32 Å². The predicted octanol–water partition coefficient (Wildman–Crippen LogP) is 1.51. The van der Waals surface area contributed by atoms with Crippen molar-refractivity contribution in [2.45, 2.75) is 32.7 Å². The Labute approximate surface area is 97.5 Å². The summed E-state index contributed by atoms with van der Waals surface area (Å²) < 4.78 is 4.95. The fourth-order valence-electron chi connectivity index (χ4n) is 1.24. The molecule has 1 aromatic rings. The van der Waals surface area contributed by atoms with Gasteiger partial charge in [0, 0.05) is 43.6 Å². The van der Waals surface area contributed by atoms with Crippen LogP contribution in [0.1, 0.15) is 32.2 Å². The van der Waals surface area contributed by atoms with Crippen molar-refractivity contribution >= 4 is 0 Å². The summed E-state index contributed by atoms with van der Waals surface area (Å²) in [6.07, 6.45) is 3.76. The van der Waals surface area contributed by atoms with Crippen molar-refractivity contribution in [1.82, 2.24) is 15.3 Å². The summed E-state index contributed by atoms with van der Waals surface area (Å²) in [5, 5.41) is 3.26. The second kappa shape index (κ2) is 5.92. The monoisotopic (exact) mass is 223 g/mol. The van der Waals surface area contributed by atoms with Crippen molar-refractivity contribution in [3.63, 3.8) is 0 Å². The molecule has 4 nitrogen and oxygen atoms in total. The third-order valence-corrected chi connectivity index (χ3v) is 2.19. The topological polar surface area (TPSA) is 47.0 Å². The van der Waals surface area contributed by atoms with Crippen LogP contribution in [-0.2, 0) is 16.7 Å². The first-order chi connectivity index (χ1) is 7.54. The van der Waals surface area contributed by atoms with Crippen LogP contribution in [-0.4, -0.2) is 30.2 Å². The van der Waals surface area contributed by atoms with Crippen LogP contribution in [0.4, 0.5) is 0 Å². The molecule has 0 aromatic carbocycles. The molecule has 1 aromatic heterocycles. The van der Waals surface area contributed by atoms with Gasteiger partial charge in [0.05, 0.1) is 6.61 Å². The van der Waals surface area contributed by atoms with Crippen LogP contribution in [0.25, 0.3) is 0 Å². The summed E-state index contributed by atoms with van der Waals surface area (Å²) >= 11 is 0. The molecule has 0 bridgehead atoms. The first-order valence-corrected chi connectivity index (χ1v) is 5.55. The van der Waals surface area contributed by atoms with Crippen molar-refractivity contribution < 1.29 is 4.74 Å². The summed E-state index contributed by atoms with van der Waals surface area (Å²) in [7, 11) is 1.70. The van der Waals surface area contributed by atoms with Crippen LogP contribution in [0.2, 0.25) is 0 Å². The molecule has 0 unspecified atom stereocenters.